The second-order valence-electron chi connectivity index (χ2n) is 8.17. The number of carboxylic acid groups (broad SMARTS) is 1. The van der Waals surface area contributed by atoms with Crippen molar-refractivity contribution in [3.63, 3.8) is 0 Å². The first-order valence-electron chi connectivity index (χ1n) is 12.5. The van der Waals surface area contributed by atoms with E-state index in [9.17, 15) is 31.5 Å². The van der Waals surface area contributed by atoms with Crippen LogP contribution in [-0.4, -0.2) is 30.1 Å². The fraction of sp³-hybridized carbons (Fsp3) is 0.286. The van der Waals surface area contributed by atoms with Crippen molar-refractivity contribution in [1.29, 1.82) is 0 Å². The Morgan fingerprint density at radius 1 is 1.00 bits per heavy atom. The van der Waals surface area contributed by atoms with Gasteiger partial charge in [-0.1, -0.05) is 64.4 Å². The molecular formula is C28H31F3N3NaO5S. The molecule has 0 bridgehead atoms. The van der Waals surface area contributed by atoms with E-state index >= 15 is 0 Å². The second-order valence-corrected chi connectivity index (χ2v) is 10.0. The first-order chi connectivity index (χ1) is 18.9. The zero-order valence-electron chi connectivity index (χ0n) is 23.8. The topological polar surface area (TPSA) is 104 Å². The number of anilines is 1. The van der Waals surface area contributed by atoms with Crippen LogP contribution in [0.3, 0.4) is 0 Å². The van der Waals surface area contributed by atoms with Crippen LogP contribution in [0, 0.1) is 6.92 Å². The average molecular weight is 602 g/mol. The Morgan fingerprint density at radius 2 is 1.56 bits per heavy atom. The van der Waals surface area contributed by atoms with Crippen molar-refractivity contribution in [2.24, 2.45) is 0 Å². The molecule has 2 aromatic carbocycles. The molecule has 0 radical (unpaired) electrons. The summed E-state index contributed by atoms with van der Waals surface area (Å²) in [6.07, 6.45) is -1.90. The molecule has 0 aliphatic rings. The number of carbonyl (C=O) groups is 1. The van der Waals surface area contributed by atoms with Crippen molar-refractivity contribution < 1.29 is 65.8 Å². The zero-order valence-corrected chi connectivity index (χ0v) is 26.6. The van der Waals surface area contributed by atoms with Crippen LogP contribution in [0.4, 0.5) is 19.0 Å². The molecule has 2 heterocycles. The van der Waals surface area contributed by atoms with Gasteiger partial charge >= 0.3 is 35.9 Å². The molecule has 0 unspecified atom stereocenters. The number of aromatic nitrogens is 2. The van der Waals surface area contributed by atoms with Crippen LogP contribution in [-0.2, 0) is 16.6 Å². The van der Waals surface area contributed by atoms with Crippen molar-refractivity contribution >= 4 is 27.5 Å². The van der Waals surface area contributed by atoms with Crippen molar-refractivity contribution in [2.45, 2.75) is 58.8 Å². The summed E-state index contributed by atoms with van der Waals surface area (Å²) in [5.41, 5.74) is 1.17. The van der Waals surface area contributed by atoms with Crippen LogP contribution in [0.25, 0.3) is 5.65 Å². The van der Waals surface area contributed by atoms with Gasteiger partial charge in [0.15, 0.2) is 5.82 Å². The summed E-state index contributed by atoms with van der Waals surface area (Å²) in [6, 6.07) is 14.5. The average Bonchev–Trinajstić information content (AvgIpc) is 3.25. The minimum absolute atomic E-state index is 0. The fourth-order valence-electron chi connectivity index (χ4n) is 3.47. The smallest absolute Gasteiger partial charge is 0.545 e. The SMILES string of the molecule is CC.CCC.Cc1c(N(Cc2ccc(OC(F)(F)F)cc2)S(=O)(=O)c2ccc(C(=O)[O-])cc2)nc2ccccn12.[Na+]. The molecule has 0 aliphatic heterocycles. The Bertz CT molecular complexity index is 1510. The standard InChI is InChI=1S/C23H18F3N3O5S.C3H8.C2H6.Na/c1-15-21(27-20-4-2-3-13-28(15)20)29(14-16-5-9-18(10-6-16)34-23(24,25)26)35(32,33)19-11-7-17(8-12-19)22(30)31;1-3-2;1-2;/h2-13H,14H2,1H3,(H,30,31);3H2,1-2H3;1-2H3;/q;;;+1/p-1. The Morgan fingerprint density at radius 3 is 2.05 bits per heavy atom. The summed E-state index contributed by atoms with van der Waals surface area (Å²) in [5, 5.41) is 11.1. The number of alkyl halides is 3. The Kier molecular flexibility index (Phi) is 13.9. The van der Waals surface area contributed by atoms with E-state index in [0.29, 0.717) is 16.9 Å². The Labute approximate surface area is 260 Å². The molecule has 0 N–H and O–H groups in total. The Hall–Kier alpha value is -3.06. The number of ether oxygens (including phenoxy) is 1. The van der Waals surface area contributed by atoms with Crippen molar-refractivity contribution in [3.8, 4) is 5.75 Å². The normalized spacial score (nSPS) is 10.8. The maximum Gasteiger partial charge on any atom is 1.00 e. The minimum atomic E-state index is -4.86. The number of benzene rings is 2. The minimum Gasteiger partial charge on any atom is -0.545 e. The number of carbonyl (C=O) groups excluding carboxylic acids is 1. The van der Waals surface area contributed by atoms with E-state index in [-0.39, 0.29) is 52.4 Å². The van der Waals surface area contributed by atoms with Gasteiger partial charge in [-0.15, -0.1) is 13.2 Å². The van der Waals surface area contributed by atoms with E-state index in [0.717, 1.165) is 40.7 Å². The molecule has 8 nitrogen and oxygen atoms in total. The Balaban J connectivity index is 0.00000131. The van der Waals surface area contributed by atoms with E-state index in [1.54, 1.807) is 35.7 Å². The molecule has 0 aliphatic carbocycles. The molecular weight excluding hydrogens is 570 g/mol. The van der Waals surface area contributed by atoms with Crippen LogP contribution in [0.5, 0.6) is 5.75 Å². The van der Waals surface area contributed by atoms with Gasteiger partial charge in [0.1, 0.15) is 11.4 Å². The predicted molar refractivity (Wildman–Crippen MR) is 145 cm³/mol. The summed E-state index contributed by atoms with van der Waals surface area (Å²) in [6.45, 7) is 9.67. The number of aryl methyl sites for hydroxylation is 1. The molecule has 13 heteroatoms. The summed E-state index contributed by atoms with van der Waals surface area (Å²) >= 11 is 0. The van der Waals surface area contributed by atoms with Gasteiger partial charge in [-0.25, -0.2) is 17.7 Å². The molecule has 0 atom stereocenters. The number of hydrogen-bond donors (Lipinski definition) is 0. The monoisotopic (exact) mass is 601 g/mol. The molecule has 0 saturated heterocycles. The van der Waals surface area contributed by atoms with Gasteiger partial charge in [0, 0.05) is 6.20 Å². The molecule has 216 valence electrons. The summed E-state index contributed by atoms with van der Waals surface area (Å²) in [7, 11) is -4.27. The van der Waals surface area contributed by atoms with Gasteiger partial charge in [-0.3, -0.25) is 0 Å². The number of imidazole rings is 1. The maximum atomic E-state index is 13.6. The van der Waals surface area contributed by atoms with Crippen LogP contribution in [0.1, 0.15) is 55.7 Å². The van der Waals surface area contributed by atoms with Crippen molar-refractivity contribution in [1.82, 2.24) is 9.38 Å². The number of carboxylic acids is 1. The number of halogens is 3. The third-order valence-corrected chi connectivity index (χ3v) is 6.89. The van der Waals surface area contributed by atoms with E-state index in [2.05, 4.69) is 23.6 Å². The molecule has 4 aromatic rings. The second kappa shape index (κ2) is 15.8. The zero-order chi connectivity index (χ0) is 30.1. The summed E-state index contributed by atoms with van der Waals surface area (Å²) in [4.78, 5) is 15.3. The predicted octanol–water partition coefficient (Wildman–Crippen LogP) is 2.75. The van der Waals surface area contributed by atoms with E-state index in [4.69, 9.17) is 0 Å². The molecule has 0 fully saturated rings. The van der Waals surface area contributed by atoms with Crippen molar-refractivity contribution in [2.75, 3.05) is 4.31 Å². The van der Waals surface area contributed by atoms with Gasteiger partial charge < -0.3 is 19.0 Å². The third kappa shape index (κ3) is 9.49. The van der Waals surface area contributed by atoms with Crippen LogP contribution >= 0.6 is 0 Å². The fourth-order valence-corrected chi connectivity index (χ4v) is 4.92. The van der Waals surface area contributed by atoms with Crippen LogP contribution in [0.15, 0.2) is 77.8 Å². The number of nitrogens with zero attached hydrogens (tertiary/aromatic N) is 3. The molecule has 4 rings (SSSR count). The molecule has 0 spiro atoms. The van der Waals surface area contributed by atoms with Crippen LogP contribution in [0.2, 0.25) is 0 Å². The first kappa shape index (κ1) is 36.0. The number of sulfonamides is 1. The quantitative estimate of drug-likeness (QED) is 0.302. The number of fused-ring (bicyclic) bond motifs is 1. The van der Waals surface area contributed by atoms with Gasteiger partial charge in [0.2, 0.25) is 0 Å². The first-order valence-corrected chi connectivity index (χ1v) is 13.9. The summed E-state index contributed by atoms with van der Waals surface area (Å²) < 4.78 is 71.3. The van der Waals surface area contributed by atoms with Crippen LogP contribution < -0.4 is 43.7 Å². The van der Waals surface area contributed by atoms with E-state index < -0.39 is 28.1 Å². The van der Waals surface area contributed by atoms with Gasteiger partial charge in [0.25, 0.3) is 10.0 Å². The van der Waals surface area contributed by atoms with Crippen molar-refractivity contribution in [3.05, 3.63) is 89.7 Å². The van der Waals surface area contributed by atoms with E-state index in [1.165, 1.54) is 18.6 Å². The summed E-state index contributed by atoms with van der Waals surface area (Å²) in [5.74, 6) is -1.80. The number of hydrogen-bond acceptors (Lipinski definition) is 6. The van der Waals surface area contributed by atoms with Gasteiger partial charge in [-0.05, 0) is 54.4 Å². The van der Waals surface area contributed by atoms with E-state index in [1.807, 2.05) is 13.8 Å². The van der Waals surface area contributed by atoms with Gasteiger partial charge in [-0.2, -0.15) is 0 Å². The number of rotatable bonds is 7. The number of aromatic carboxylic acids is 1. The molecule has 0 amide bonds. The van der Waals surface area contributed by atoms with Gasteiger partial charge in [0.05, 0.1) is 23.1 Å². The largest absolute Gasteiger partial charge is 1.00 e. The molecule has 41 heavy (non-hydrogen) atoms. The number of pyridine rings is 1. The third-order valence-electron chi connectivity index (χ3n) is 5.14. The molecule has 2 aromatic heterocycles. The maximum absolute atomic E-state index is 13.6. The molecule has 0 saturated carbocycles.